The summed E-state index contributed by atoms with van der Waals surface area (Å²) in [5.74, 6) is 0.133. The summed E-state index contributed by atoms with van der Waals surface area (Å²) in [6, 6.07) is 4.30. The van der Waals surface area contributed by atoms with Crippen LogP contribution < -0.4 is 5.32 Å². The van der Waals surface area contributed by atoms with Crippen molar-refractivity contribution in [2.75, 3.05) is 5.88 Å². The molecular weight excluding hydrogens is 261 g/mol. The average molecular weight is 274 g/mol. The Balaban J connectivity index is 2.17. The fourth-order valence-corrected chi connectivity index (χ4v) is 2.43. The summed E-state index contributed by atoms with van der Waals surface area (Å²) in [6.07, 6.45) is 2.85. The molecule has 1 aliphatic carbocycles. The van der Waals surface area contributed by atoms with Crippen molar-refractivity contribution in [1.82, 2.24) is 5.32 Å². The average Bonchev–Trinajstić information content (AvgIpc) is 2.26. The molecule has 0 saturated heterocycles. The van der Waals surface area contributed by atoms with Crippen molar-refractivity contribution in [3.8, 4) is 5.75 Å². The van der Waals surface area contributed by atoms with E-state index >= 15 is 0 Å². The van der Waals surface area contributed by atoms with Crippen molar-refractivity contribution < 1.29 is 9.90 Å². The van der Waals surface area contributed by atoms with Gasteiger partial charge in [-0.3, -0.25) is 4.79 Å². The quantitative estimate of drug-likeness (QED) is 0.832. The van der Waals surface area contributed by atoms with Gasteiger partial charge in [-0.25, -0.2) is 0 Å². The maximum absolute atomic E-state index is 12.0. The largest absolute Gasteiger partial charge is 0.508 e. The Labute approximate surface area is 110 Å². The SMILES string of the molecule is O=C(NC1(CCl)CCC1)c1cc(O)ccc1Cl. The third-order valence-corrected chi connectivity index (χ3v) is 3.98. The number of aromatic hydroxyl groups is 1. The maximum atomic E-state index is 12.0. The molecule has 0 spiro atoms. The highest BCUT2D eigenvalue weighted by Gasteiger charge is 2.37. The highest BCUT2D eigenvalue weighted by molar-refractivity contribution is 6.34. The van der Waals surface area contributed by atoms with Crippen molar-refractivity contribution in [2.24, 2.45) is 0 Å². The minimum absolute atomic E-state index is 0.0214. The lowest BCUT2D eigenvalue weighted by Crippen LogP contribution is -2.55. The first-order valence-corrected chi connectivity index (χ1v) is 6.35. The molecule has 0 radical (unpaired) electrons. The van der Waals surface area contributed by atoms with E-state index in [2.05, 4.69) is 5.32 Å². The molecule has 1 aromatic carbocycles. The van der Waals surface area contributed by atoms with Crippen LogP contribution in [0.1, 0.15) is 29.6 Å². The van der Waals surface area contributed by atoms with Crippen LogP contribution in [0, 0.1) is 0 Å². The van der Waals surface area contributed by atoms with Gasteiger partial charge < -0.3 is 10.4 Å². The summed E-state index contributed by atoms with van der Waals surface area (Å²) in [5.41, 5.74) is -0.0176. The van der Waals surface area contributed by atoms with E-state index in [1.165, 1.54) is 18.2 Å². The summed E-state index contributed by atoms with van der Waals surface area (Å²) >= 11 is 11.8. The fraction of sp³-hybridized carbons (Fsp3) is 0.417. The predicted octanol–water partition coefficient (Wildman–Crippen LogP) is 2.94. The Morgan fingerprint density at radius 2 is 2.18 bits per heavy atom. The first-order chi connectivity index (χ1) is 8.06. The van der Waals surface area contributed by atoms with E-state index in [0.29, 0.717) is 10.9 Å². The molecule has 5 heteroatoms. The molecule has 92 valence electrons. The number of phenolic OH excluding ortho intramolecular Hbond substituents is 1. The van der Waals surface area contributed by atoms with Gasteiger partial charge in [-0.15, -0.1) is 11.6 Å². The van der Waals surface area contributed by atoms with Crippen LogP contribution in [0.3, 0.4) is 0 Å². The van der Waals surface area contributed by atoms with Gasteiger partial charge in [-0.05, 0) is 37.5 Å². The summed E-state index contributed by atoms with van der Waals surface area (Å²) in [7, 11) is 0. The van der Waals surface area contributed by atoms with Crippen LogP contribution in [0.5, 0.6) is 5.75 Å². The fourth-order valence-electron chi connectivity index (χ4n) is 1.89. The van der Waals surface area contributed by atoms with E-state index in [9.17, 15) is 9.90 Å². The van der Waals surface area contributed by atoms with E-state index in [4.69, 9.17) is 23.2 Å². The molecule has 1 aromatic rings. The molecule has 1 amide bonds. The van der Waals surface area contributed by atoms with Gasteiger partial charge in [0, 0.05) is 5.88 Å². The van der Waals surface area contributed by atoms with Crippen LogP contribution in [0.15, 0.2) is 18.2 Å². The third kappa shape index (κ3) is 2.50. The van der Waals surface area contributed by atoms with Gasteiger partial charge in [0.1, 0.15) is 5.75 Å². The van der Waals surface area contributed by atoms with E-state index in [0.717, 1.165) is 19.3 Å². The Hall–Kier alpha value is -0.930. The number of rotatable bonds is 3. The molecule has 0 unspecified atom stereocenters. The van der Waals surface area contributed by atoms with Gasteiger partial charge in [-0.1, -0.05) is 11.6 Å². The number of benzene rings is 1. The topological polar surface area (TPSA) is 49.3 Å². The zero-order chi connectivity index (χ0) is 12.5. The first kappa shape index (κ1) is 12.5. The first-order valence-electron chi connectivity index (χ1n) is 5.43. The standard InChI is InChI=1S/C12H13Cl2NO2/c13-7-12(4-1-5-12)15-11(17)9-6-8(16)2-3-10(9)14/h2-3,6,16H,1,4-5,7H2,(H,15,17). The van der Waals surface area contributed by atoms with E-state index in [1.807, 2.05) is 0 Å². The van der Waals surface area contributed by atoms with Gasteiger partial charge in [-0.2, -0.15) is 0 Å². The summed E-state index contributed by atoms with van der Waals surface area (Å²) in [4.78, 5) is 12.0. The second-order valence-electron chi connectivity index (χ2n) is 4.39. The molecule has 1 aliphatic rings. The van der Waals surface area contributed by atoms with Crippen LogP contribution in [0.4, 0.5) is 0 Å². The number of carbonyl (C=O) groups is 1. The van der Waals surface area contributed by atoms with Crippen molar-refractivity contribution >= 4 is 29.1 Å². The Bertz CT molecular complexity index is 439. The molecule has 1 saturated carbocycles. The van der Waals surface area contributed by atoms with Crippen LogP contribution in [-0.4, -0.2) is 22.4 Å². The molecule has 17 heavy (non-hydrogen) atoms. The zero-order valence-electron chi connectivity index (χ0n) is 9.17. The maximum Gasteiger partial charge on any atom is 0.253 e. The predicted molar refractivity (Wildman–Crippen MR) is 67.9 cm³/mol. The summed E-state index contributed by atoms with van der Waals surface area (Å²) in [5, 5.41) is 12.6. The van der Waals surface area contributed by atoms with Gasteiger partial charge >= 0.3 is 0 Å². The molecule has 0 aromatic heterocycles. The normalized spacial score (nSPS) is 17.3. The molecule has 0 bridgehead atoms. The number of hydrogen-bond acceptors (Lipinski definition) is 2. The molecule has 1 fully saturated rings. The third-order valence-electron chi connectivity index (χ3n) is 3.14. The van der Waals surface area contributed by atoms with Crippen LogP contribution in [-0.2, 0) is 0 Å². The van der Waals surface area contributed by atoms with Gasteiger partial charge in [0.25, 0.3) is 5.91 Å². The molecule has 3 nitrogen and oxygen atoms in total. The number of alkyl halides is 1. The molecule has 0 heterocycles. The minimum atomic E-state index is -0.298. The number of amides is 1. The van der Waals surface area contributed by atoms with Gasteiger partial charge in [0.05, 0.1) is 16.1 Å². The second-order valence-corrected chi connectivity index (χ2v) is 5.06. The number of carbonyl (C=O) groups excluding carboxylic acids is 1. The molecule has 2 rings (SSSR count). The molecular formula is C12H13Cl2NO2. The molecule has 0 aliphatic heterocycles. The lowest BCUT2D eigenvalue weighted by atomic mass is 9.78. The van der Waals surface area contributed by atoms with Crippen molar-refractivity contribution in [1.29, 1.82) is 0 Å². The Morgan fingerprint density at radius 1 is 1.47 bits per heavy atom. The molecule has 2 N–H and O–H groups in total. The number of nitrogens with one attached hydrogen (secondary N) is 1. The van der Waals surface area contributed by atoms with E-state index in [-0.39, 0.29) is 22.8 Å². The van der Waals surface area contributed by atoms with E-state index < -0.39 is 0 Å². The lowest BCUT2D eigenvalue weighted by Gasteiger charge is -2.41. The van der Waals surface area contributed by atoms with Crippen molar-refractivity contribution in [3.63, 3.8) is 0 Å². The second kappa shape index (κ2) is 4.75. The van der Waals surface area contributed by atoms with Crippen molar-refractivity contribution in [3.05, 3.63) is 28.8 Å². The minimum Gasteiger partial charge on any atom is -0.508 e. The van der Waals surface area contributed by atoms with Crippen LogP contribution >= 0.6 is 23.2 Å². The summed E-state index contributed by atoms with van der Waals surface area (Å²) < 4.78 is 0. The van der Waals surface area contributed by atoms with Gasteiger partial charge in [0.15, 0.2) is 0 Å². The highest BCUT2D eigenvalue weighted by Crippen LogP contribution is 2.33. The monoisotopic (exact) mass is 273 g/mol. The van der Waals surface area contributed by atoms with E-state index in [1.54, 1.807) is 0 Å². The van der Waals surface area contributed by atoms with Gasteiger partial charge in [0.2, 0.25) is 0 Å². The number of hydrogen-bond donors (Lipinski definition) is 2. The molecule has 0 atom stereocenters. The van der Waals surface area contributed by atoms with Crippen molar-refractivity contribution in [2.45, 2.75) is 24.8 Å². The Kier molecular flexibility index (Phi) is 3.50. The zero-order valence-corrected chi connectivity index (χ0v) is 10.7. The van der Waals surface area contributed by atoms with Crippen LogP contribution in [0.2, 0.25) is 5.02 Å². The highest BCUT2D eigenvalue weighted by atomic mass is 35.5. The lowest BCUT2D eigenvalue weighted by molar-refractivity contribution is 0.0853. The Morgan fingerprint density at radius 3 is 2.71 bits per heavy atom. The number of phenols is 1. The number of halogens is 2. The van der Waals surface area contributed by atoms with Crippen LogP contribution in [0.25, 0.3) is 0 Å². The summed E-state index contributed by atoms with van der Waals surface area (Å²) in [6.45, 7) is 0. The smallest absolute Gasteiger partial charge is 0.253 e.